The summed E-state index contributed by atoms with van der Waals surface area (Å²) in [6.45, 7) is 3.70. The van der Waals surface area contributed by atoms with Gasteiger partial charge in [0.25, 0.3) is 0 Å². The Labute approximate surface area is 151 Å². The molecule has 5 nitrogen and oxygen atoms in total. The van der Waals surface area contributed by atoms with Crippen LogP contribution in [0.4, 0.5) is 0 Å². The van der Waals surface area contributed by atoms with Gasteiger partial charge < -0.3 is 16.4 Å². The predicted molar refractivity (Wildman–Crippen MR) is 96.3 cm³/mol. The molecule has 1 fully saturated rings. The van der Waals surface area contributed by atoms with Crippen molar-refractivity contribution in [3.05, 3.63) is 34.3 Å². The van der Waals surface area contributed by atoms with E-state index in [1.165, 1.54) is 0 Å². The molecule has 2 amide bonds. The highest BCUT2D eigenvalue weighted by Crippen LogP contribution is 2.45. The lowest BCUT2D eigenvalue weighted by atomic mass is 10.0. The predicted octanol–water partition coefficient (Wildman–Crippen LogP) is 2.08. The highest BCUT2D eigenvalue weighted by atomic mass is 79.9. The van der Waals surface area contributed by atoms with Crippen molar-refractivity contribution < 1.29 is 9.59 Å². The van der Waals surface area contributed by atoms with Gasteiger partial charge in [0.15, 0.2) is 0 Å². The molecule has 0 spiro atoms. The molecule has 1 atom stereocenters. The molecule has 7 heteroatoms. The quantitative estimate of drug-likeness (QED) is 0.678. The van der Waals surface area contributed by atoms with Gasteiger partial charge in [-0.25, -0.2) is 0 Å². The molecule has 0 bridgehead atoms. The van der Waals surface area contributed by atoms with Gasteiger partial charge in [-0.1, -0.05) is 41.9 Å². The first kappa shape index (κ1) is 19.9. The third-order valence-electron chi connectivity index (χ3n) is 3.97. The molecular weight excluding hydrogens is 382 g/mol. The van der Waals surface area contributed by atoms with Crippen molar-refractivity contribution in [2.24, 2.45) is 11.7 Å². The minimum atomic E-state index is -0.589. The lowest BCUT2D eigenvalue weighted by Crippen LogP contribution is -2.48. The molecular formula is C16H23BrClN3O2. The molecule has 0 heterocycles. The van der Waals surface area contributed by atoms with Gasteiger partial charge >= 0.3 is 0 Å². The Morgan fingerprint density at radius 3 is 2.30 bits per heavy atom. The maximum absolute atomic E-state index is 12.1. The number of nitrogens with one attached hydrogen (secondary N) is 2. The number of nitrogens with two attached hydrogens (primary N) is 1. The molecule has 0 saturated heterocycles. The Hall–Kier alpha value is -1.11. The maximum Gasteiger partial charge on any atom is 0.240 e. The molecule has 2 rings (SSSR count). The third-order valence-corrected chi connectivity index (χ3v) is 4.50. The summed E-state index contributed by atoms with van der Waals surface area (Å²) >= 11 is 3.40. The lowest BCUT2D eigenvalue weighted by Gasteiger charge is -2.19. The number of hydrogen-bond acceptors (Lipinski definition) is 3. The first-order valence-electron chi connectivity index (χ1n) is 7.44. The van der Waals surface area contributed by atoms with Gasteiger partial charge in [0.1, 0.15) is 0 Å². The van der Waals surface area contributed by atoms with Gasteiger partial charge in [-0.2, -0.15) is 0 Å². The van der Waals surface area contributed by atoms with Gasteiger partial charge in [0, 0.05) is 4.47 Å². The molecule has 0 aromatic heterocycles. The monoisotopic (exact) mass is 403 g/mol. The molecule has 0 unspecified atom stereocenters. The van der Waals surface area contributed by atoms with Crippen LogP contribution in [0.3, 0.4) is 0 Å². The van der Waals surface area contributed by atoms with E-state index in [2.05, 4.69) is 26.6 Å². The summed E-state index contributed by atoms with van der Waals surface area (Å²) in [5.41, 5.74) is 6.56. The van der Waals surface area contributed by atoms with Crippen LogP contribution in [-0.4, -0.2) is 24.4 Å². The van der Waals surface area contributed by atoms with Gasteiger partial charge in [0.05, 0.1) is 18.1 Å². The van der Waals surface area contributed by atoms with Crippen LogP contribution in [0.1, 0.15) is 32.3 Å². The second-order valence-electron chi connectivity index (χ2n) is 6.12. The Bertz CT molecular complexity index is 559. The van der Waals surface area contributed by atoms with Crippen LogP contribution in [-0.2, 0) is 15.1 Å². The van der Waals surface area contributed by atoms with E-state index in [9.17, 15) is 9.59 Å². The normalized spacial score (nSPS) is 16.2. The van der Waals surface area contributed by atoms with Crippen LogP contribution in [0.2, 0.25) is 0 Å². The summed E-state index contributed by atoms with van der Waals surface area (Å²) in [7, 11) is 0. The number of benzene rings is 1. The summed E-state index contributed by atoms with van der Waals surface area (Å²) in [6.07, 6.45) is 1.83. The molecule has 23 heavy (non-hydrogen) atoms. The van der Waals surface area contributed by atoms with Crippen LogP contribution in [0.25, 0.3) is 0 Å². The van der Waals surface area contributed by atoms with Crippen LogP contribution in [0.5, 0.6) is 0 Å². The van der Waals surface area contributed by atoms with E-state index in [4.69, 9.17) is 5.73 Å². The van der Waals surface area contributed by atoms with Crippen LogP contribution in [0.15, 0.2) is 28.7 Å². The number of rotatable bonds is 6. The van der Waals surface area contributed by atoms with E-state index in [-0.39, 0.29) is 42.2 Å². The molecule has 0 radical (unpaired) electrons. The number of amides is 2. The summed E-state index contributed by atoms with van der Waals surface area (Å²) in [5.74, 6) is -0.441. The second kappa shape index (κ2) is 8.13. The van der Waals surface area contributed by atoms with Crippen LogP contribution >= 0.6 is 28.3 Å². The smallest absolute Gasteiger partial charge is 0.240 e. The first-order valence-corrected chi connectivity index (χ1v) is 8.24. The fraction of sp³-hybridized carbons (Fsp3) is 0.500. The molecule has 1 saturated carbocycles. The minimum Gasteiger partial charge on any atom is -0.346 e. The fourth-order valence-corrected chi connectivity index (χ4v) is 2.54. The third kappa shape index (κ3) is 5.19. The van der Waals surface area contributed by atoms with Crippen molar-refractivity contribution in [3.8, 4) is 0 Å². The van der Waals surface area contributed by atoms with Crippen molar-refractivity contribution in [2.45, 2.75) is 38.3 Å². The highest BCUT2D eigenvalue weighted by molar-refractivity contribution is 9.10. The largest absolute Gasteiger partial charge is 0.346 e. The topological polar surface area (TPSA) is 84.2 Å². The number of halogens is 2. The highest BCUT2D eigenvalue weighted by Gasteiger charge is 2.45. The Morgan fingerprint density at radius 2 is 1.83 bits per heavy atom. The summed E-state index contributed by atoms with van der Waals surface area (Å²) in [5, 5.41) is 5.61. The van der Waals surface area contributed by atoms with E-state index in [1.807, 2.05) is 38.1 Å². The van der Waals surface area contributed by atoms with Gasteiger partial charge in [0.2, 0.25) is 11.8 Å². The zero-order valence-electron chi connectivity index (χ0n) is 13.3. The first-order chi connectivity index (χ1) is 10.3. The van der Waals surface area contributed by atoms with E-state index in [0.29, 0.717) is 0 Å². The van der Waals surface area contributed by atoms with E-state index in [1.54, 1.807) is 0 Å². The molecule has 1 aliphatic carbocycles. The lowest BCUT2D eigenvalue weighted by molar-refractivity contribution is -0.127. The SMILES string of the molecule is CC(C)[C@H](N)C(=O)NCC(=O)NC1(c2ccc(Br)cc2)CC1.Cl. The molecule has 1 aromatic carbocycles. The van der Waals surface area contributed by atoms with E-state index >= 15 is 0 Å². The molecule has 1 aliphatic rings. The Morgan fingerprint density at radius 1 is 1.26 bits per heavy atom. The molecule has 1 aromatic rings. The van der Waals surface area contributed by atoms with Gasteiger partial charge in [-0.3, -0.25) is 9.59 Å². The average Bonchev–Trinajstić information content (AvgIpc) is 3.25. The standard InChI is InChI=1S/C16H22BrN3O2.ClH/c1-10(2)14(18)15(22)19-9-13(21)20-16(7-8-16)11-3-5-12(17)6-4-11;/h3-6,10,14H,7-9,18H2,1-2H3,(H,19,22)(H,20,21);1H/t14-;/m0./s1. The molecule has 0 aliphatic heterocycles. The summed E-state index contributed by atoms with van der Waals surface area (Å²) in [6, 6.07) is 7.35. The van der Waals surface area contributed by atoms with Crippen LogP contribution < -0.4 is 16.4 Å². The number of carbonyl (C=O) groups is 2. The number of hydrogen-bond donors (Lipinski definition) is 3. The summed E-state index contributed by atoms with van der Waals surface area (Å²) in [4.78, 5) is 23.8. The second-order valence-corrected chi connectivity index (χ2v) is 7.04. The Balaban J connectivity index is 0.00000264. The minimum absolute atomic E-state index is 0. The van der Waals surface area contributed by atoms with Crippen molar-refractivity contribution in [2.75, 3.05) is 6.54 Å². The van der Waals surface area contributed by atoms with Crippen molar-refractivity contribution in [1.82, 2.24) is 10.6 Å². The zero-order chi connectivity index (χ0) is 16.3. The van der Waals surface area contributed by atoms with Crippen molar-refractivity contribution in [3.63, 3.8) is 0 Å². The average molecular weight is 405 g/mol. The van der Waals surface area contributed by atoms with E-state index in [0.717, 1.165) is 22.9 Å². The number of carbonyl (C=O) groups excluding carboxylic acids is 2. The van der Waals surface area contributed by atoms with Crippen molar-refractivity contribution in [1.29, 1.82) is 0 Å². The maximum atomic E-state index is 12.1. The van der Waals surface area contributed by atoms with Crippen molar-refractivity contribution >= 4 is 40.2 Å². The van der Waals surface area contributed by atoms with E-state index < -0.39 is 6.04 Å². The zero-order valence-corrected chi connectivity index (χ0v) is 15.7. The summed E-state index contributed by atoms with van der Waals surface area (Å²) < 4.78 is 1.01. The van der Waals surface area contributed by atoms with Gasteiger partial charge in [-0.05, 0) is 36.5 Å². The fourth-order valence-electron chi connectivity index (χ4n) is 2.28. The molecule has 4 N–H and O–H groups in total. The molecule has 128 valence electrons. The Kier molecular flexibility index (Phi) is 7.04. The van der Waals surface area contributed by atoms with Gasteiger partial charge in [-0.15, -0.1) is 12.4 Å². The van der Waals surface area contributed by atoms with Crippen LogP contribution in [0, 0.1) is 5.92 Å².